The van der Waals surface area contributed by atoms with Crippen LogP contribution in [0.4, 0.5) is 0 Å². The first kappa shape index (κ1) is 16.3. The predicted octanol–water partition coefficient (Wildman–Crippen LogP) is 2.40. The maximum Gasteiger partial charge on any atom is 0.0958 e. The Hall–Kier alpha value is -2.57. The number of nitrogens with one attached hydrogen (secondary N) is 1. The Balaban J connectivity index is 2.21. The smallest absolute Gasteiger partial charge is 0.0958 e. The van der Waals surface area contributed by atoms with Crippen LogP contribution >= 0.6 is 0 Å². The summed E-state index contributed by atoms with van der Waals surface area (Å²) in [7, 11) is 1.75. The Bertz CT molecular complexity index is 943. The van der Waals surface area contributed by atoms with Gasteiger partial charge in [-0.25, -0.2) is 5.84 Å². The molecule has 0 radical (unpaired) electrons. The van der Waals surface area contributed by atoms with Crippen molar-refractivity contribution < 1.29 is 5.11 Å². The average molecular weight is 325 g/mol. The monoisotopic (exact) mass is 325 g/mol. The van der Waals surface area contributed by atoms with Gasteiger partial charge in [0.15, 0.2) is 0 Å². The number of pyridine rings is 1. The lowest BCUT2D eigenvalue weighted by Gasteiger charge is -2.18. The molecule has 2 heterocycles. The van der Waals surface area contributed by atoms with Crippen LogP contribution in [-0.4, -0.2) is 27.1 Å². The van der Waals surface area contributed by atoms with E-state index in [0.29, 0.717) is 5.70 Å². The van der Waals surface area contributed by atoms with Crippen LogP contribution in [-0.2, 0) is 5.60 Å². The summed E-state index contributed by atoms with van der Waals surface area (Å²) in [6, 6.07) is 7.85. The average Bonchev–Trinajstić information content (AvgIpc) is 2.82. The van der Waals surface area contributed by atoms with E-state index in [-0.39, 0.29) is 0 Å². The molecule has 0 aliphatic carbocycles. The number of benzene rings is 1. The van der Waals surface area contributed by atoms with Crippen LogP contribution in [0, 0.1) is 0 Å². The first-order chi connectivity index (χ1) is 11.2. The molecule has 126 valence electrons. The number of aromatic nitrogens is 2. The molecule has 0 atom stereocenters. The molecule has 0 saturated heterocycles. The summed E-state index contributed by atoms with van der Waals surface area (Å²) in [6.45, 7) is 5.35. The normalized spacial score (nSPS) is 13.4. The second kappa shape index (κ2) is 5.51. The highest BCUT2D eigenvalue weighted by molar-refractivity contribution is 6.05. The Morgan fingerprint density at radius 1 is 1.25 bits per heavy atom. The van der Waals surface area contributed by atoms with Crippen molar-refractivity contribution in [1.82, 2.24) is 15.0 Å². The van der Waals surface area contributed by atoms with Gasteiger partial charge in [-0.2, -0.15) is 0 Å². The Labute approximate surface area is 140 Å². The van der Waals surface area contributed by atoms with E-state index in [2.05, 4.69) is 9.97 Å². The molecule has 0 saturated carbocycles. The molecule has 1 aromatic carbocycles. The third-order valence-corrected chi connectivity index (χ3v) is 4.14. The van der Waals surface area contributed by atoms with Crippen LogP contribution in [0.25, 0.3) is 27.6 Å². The second-order valence-electron chi connectivity index (χ2n) is 6.71. The summed E-state index contributed by atoms with van der Waals surface area (Å²) in [5, 5.41) is 12.7. The summed E-state index contributed by atoms with van der Waals surface area (Å²) >= 11 is 0. The zero-order chi connectivity index (χ0) is 17.6. The third-order valence-electron chi connectivity index (χ3n) is 4.14. The van der Waals surface area contributed by atoms with E-state index in [1.807, 2.05) is 31.2 Å². The highest BCUT2D eigenvalue weighted by Crippen LogP contribution is 2.30. The molecule has 2 aromatic heterocycles. The minimum absolute atomic E-state index is 0.626. The molecule has 24 heavy (non-hydrogen) atoms. The summed E-state index contributed by atoms with van der Waals surface area (Å²) in [5.41, 5.74) is 10.8. The fourth-order valence-electron chi connectivity index (χ4n) is 2.99. The molecule has 6 nitrogen and oxygen atoms in total. The predicted molar refractivity (Wildman–Crippen MR) is 97.6 cm³/mol. The van der Waals surface area contributed by atoms with E-state index in [1.165, 1.54) is 5.01 Å². The van der Waals surface area contributed by atoms with Crippen molar-refractivity contribution in [1.29, 1.82) is 0 Å². The molecule has 0 fully saturated rings. The van der Waals surface area contributed by atoms with Crippen LogP contribution in [0.5, 0.6) is 0 Å². The van der Waals surface area contributed by atoms with Crippen molar-refractivity contribution in [2.24, 2.45) is 11.6 Å². The fraction of sp³-hybridized carbons (Fsp3) is 0.278. The summed E-state index contributed by atoms with van der Waals surface area (Å²) in [6.07, 6.45) is 1.77. The topological polar surface area (TPSA) is 104 Å². The zero-order valence-electron chi connectivity index (χ0n) is 14.4. The van der Waals surface area contributed by atoms with E-state index in [1.54, 1.807) is 27.1 Å². The largest absolute Gasteiger partial charge is 0.401 e. The Morgan fingerprint density at radius 2 is 1.96 bits per heavy atom. The molecule has 3 rings (SSSR count). The molecule has 0 aliphatic rings. The lowest BCUT2D eigenvalue weighted by molar-refractivity contribution is 0.0787. The first-order valence-electron chi connectivity index (χ1n) is 7.78. The van der Waals surface area contributed by atoms with E-state index in [0.717, 1.165) is 38.8 Å². The standard InChI is InChI=1S/C18H23N5O/c1-10(19)17(23(4)20)11-7-15-16(21-9-11)13-6-5-12(18(2,3)24)8-14(13)22-15/h5-9,22,24H,19-20H2,1-4H3/b17-10-. The van der Waals surface area contributed by atoms with Crippen LogP contribution in [0.15, 0.2) is 36.2 Å². The maximum atomic E-state index is 10.2. The minimum atomic E-state index is -0.890. The number of nitrogens with zero attached hydrogens (tertiary/aromatic N) is 2. The number of rotatable bonds is 3. The molecule has 0 aliphatic heterocycles. The molecule has 0 spiro atoms. The van der Waals surface area contributed by atoms with Gasteiger partial charge in [0.05, 0.1) is 22.3 Å². The van der Waals surface area contributed by atoms with Crippen molar-refractivity contribution in [3.05, 3.63) is 47.3 Å². The summed E-state index contributed by atoms with van der Waals surface area (Å²) in [4.78, 5) is 7.95. The van der Waals surface area contributed by atoms with Crippen molar-refractivity contribution in [3.8, 4) is 0 Å². The van der Waals surface area contributed by atoms with Crippen LogP contribution in [0.3, 0.4) is 0 Å². The lowest BCUT2D eigenvalue weighted by atomic mass is 9.97. The maximum absolute atomic E-state index is 10.2. The number of aromatic amines is 1. The van der Waals surface area contributed by atoms with Gasteiger partial charge in [-0.3, -0.25) is 4.98 Å². The van der Waals surface area contributed by atoms with Crippen LogP contribution in [0.1, 0.15) is 31.9 Å². The van der Waals surface area contributed by atoms with Gasteiger partial charge in [-0.05, 0) is 38.5 Å². The molecule has 0 bridgehead atoms. The Kier molecular flexibility index (Phi) is 3.74. The number of aliphatic hydroxyl groups is 1. The quantitative estimate of drug-likeness (QED) is 0.437. The van der Waals surface area contributed by atoms with Gasteiger partial charge < -0.3 is 20.8 Å². The van der Waals surface area contributed by atoms with E-state index in [4.69, 9.17) is 11.6 Å². The molecule has 3 aromatic rings. The number of fused-ring (bicyclic) bond motifs is 3. The minimum Gasteiger partial charge on any atom is -0.401 e. The molecular weight excluding hydrogens is 302 g/mol. The van der Waals surface area contributed by atoms with Gasteiger partial charge >= 0.3 is 0 Å². The fourth-order valence-corrected chi connectivity index (χ4v) is 2.99. The van der Waals surface area contributed by atoms with Gasteiger partial charge in [0.1, 0.15) is 0 Å². The summed E-state index contributed by atoms with van der Waals surface area (Å²) < 4.78 is 0. The van der Waals surface area contributed by atoms with Crippen molar-refractivity contribution in [2.75, 3.05) is 7.05 Å². The van der Waals surface area contributed by atoms with Crippen molar-refractivity contribution >= 4 is 27.6 Å². The van der Waals surface area contributed by atoms with Crippen LogP contribution < -0.4 is 11.6 Å². The van der Waals surface area contributed by atoms with E-state index >= 15 is 0 Å². The van der Waals surface area contributed by atoms with Crippen molar-refractivity contribution in [3.63, 3.8) is 0 Å². The number of hydrogen-bond donors (Lipinski definition) is 4. The molecule has 6 heteroatoms. The second-order valence-corrected chi connectivity index (χ2v) is 6.71. The number of H-pyrrole nitrogens is 1. The molecule has 0 amide bonds. The van der Waals surface area contributed by atoms with Gasteiger partial charge in [-0.1, -0.05) is 12.1 Å². The molecule has 0 unspecified atom stereocenters. The zero-order valence-corrected chi connectivity index (χ0v) is 14.4. The number of allylic oxidation sites excluding steroid dienone is 1. The highest BCUT2D eigenvalue weighted by atomic mass is 16.3. The van der Waals surface area contributed by atoms with E-state index < -0.39 is 5.60 Å². The van der Waals surface area contributed by atoms with Gasteiger partial charge in [0.2, 0.25) is 0 Å². The number of nitrogens with two attached hydrogens (primary N) is 2. The number of hydrazine groups is 1. The van der Waals surface area contributed by atoms with Gasteiger partial charge in [0.25, 0.3) is 0 Å². The highest BCUT2D eigenvalue weighted by Gasteiger charge is 2.18. The lowest BCUT2D eigenvalue weighted by Crippen LogP contribution is -2.26. The van der Waals surface area contributed by atoms with Gasteiger partial charge in [0, 0.05) is 35.4 Å². The summed E-state index contributed by atoms with van der Waals surface area (Å²) in [5.74, 6) is 5.89. The first-order valence-corrected chi connectivity index (χ1v) is 7.78. The Morgan fingerprint density at radius 3 is 2.54 bits per heavy atom. The van der Waals surface area contributed by atoms with Gasteiger partial charge in [-0.15, -0.1) is 0 Å². The van der Waals surface area contributed by atoms with Crippen LogP contribution in [0.2, 0.25) is 0 Å². The SMILES string of the molecule is C/C(N)=C(\c1cnc2c(c1)[nH]c1cc(C(C)(C)O)ccc12)N(C)N. The number of hydrogen-bond acceptors (Lipinski definition) is 5. The van der Waals surface area contributed by atoms with E-state index in [9.17, 15) is 5.11 Å². The third kappa shape index (κ3) is 2.70. The van der Waals surface area contributed by atoms with Crippen molar-refractivity contribution in [2.45, 2.75) is 26.4 Å². The molecule has 6 N–H and O–H groups in total. The molecular formula is C18H23N5O.